The molecule has 1 aliphatic rings. The fraction of sp³-hybridized carbons (Fsp3) is 0.440. The predicted octanol–water partition coefficient (Wildman–Crippen LogP) is 4.50. The molecule has 200 valence electrons. The van der Waals surface area contributed by atoms with Gasteiger partial charge in [-0.1, -0.05) is 24.9 Å². The van der Waals surface area contributed by atoms with Gasteiger partial charge in [0.2, 0.25) is 0 Å². The Labute approximate surface area is 216 Å². The normalized spacial score (nSPS) is 15.4. The molecular weight excluding hydrogens is 531 g/mol. The Hall–Kier alpha value is -2.63. The number of piperidine rings is 1. The zero-order valence-electron chi connectivity index (χ0n) is 20.4. The molecule has 0 unspecified atom stereocenters. The maximum Gasteiger partial charge on any atom is 0.416 e. The fourth-order valence-electron chi connectivity index (χ4n) is 4.84. The van der Waals surface area contributed by atoms with Crippen molar-refractivity contribution in [2.45, 2.75) is 57.3 Å². The van der Waals surface area contributed by atoms with Crippen LogP contribution in [0.5, 0.6) is 0 Å². The van der Waals surface area contributed by atoms with Crippen molar-refractivity contribution in [3.05, 3.63) is 72.4 Å². The van der Waals surface area contributed by atoms with Crippen molar-refractivity contribution in [1.82, 2.24) is 14.5 Å². The largest absolute Gasteiger partial charge is 0.416 e. The Morgan fingerprint density at radius 2 is 1.73 bits per heavy atom. The van der Waals surface area contributed by atoms with E-state index in [1.165, 1.54) is 32.0 Å². The zero-order valence-corrected chi connectivity index (χ0v) is 22.0. The Kier molecular flexibility index (Phi) is 7.60. The lowest BCUT2D eigenvalue weighted by Gasteiger charge is -2.28. The summed E-state index contributed by atoms with van der Waals surface area (Å²) in [5.41, 5.74) is -2.37. The molecule has 2 heterocycles. The van der Waals surface area contributed by atoms with Crippen molar-refractivity contribution in [2.75, 3.05) is 18.8 Å². The second kappa shape index (κ2) is 10.3. The standard InChI is InChI=1S/C25H27ClF3N3O4S/c1-3-37(35,36)21-8-7-17(26)11-16(21)13-32-23(33)18-12-20(25(27,28)29)19(14-31-9-5-4-6-10-31)15(2)22(18)30-24(32)34/h7-8,11-12H,3-6,9-10,13-14H2,1-2H3,(H,30,34). The predicted molar refractivity (Wildman–Crippen MR) is 136 cm³/mol. The molecule has 0 atom stereocenters. The van der Waals surface area contributed by atoms with Gasteiger partial charge in [0.25, 0.3) is 5.56 Å². The van der Waals surface area contributed by atoms with E-state index in [1.54, 1.807) is 0 Å². The number of sulfone groups is 1. The zero-order chi connectivity index (χ0) is 27.1. The van der Waals surface area contributed by atoms with Crippen molar-refractivity contribution in [2.24, 2.45) is 0 Å². The van der Waals surface area contributed by atoms with Gasteiger partial charge in [0.15, 0.2) is 9.84 Å². The number of halogens is 4. The molecule has 0 spiro atoms. The van der Waals surface area contributed by atoms with Crippen LogP contribution in [0.1, 0.15) is 48.4 Å². The minimum absolute atomic E-state index is 0.0286. The van der Waals surface area contributed by atoms with Crippen LogP contribution in [0.15, 0.2) is 38.8 Å². The van der Waals surface area contributed by atoms with E-state index in [4.69, 9.17) is 11.6 Å². The van der Waals surface area contributed by atoms with Crippen molar-refractivity contribution < 1.29 is 21.6 Å². The van der Waals surface area contributed by atoms with E-state index >= 15 is 0 Å². The molecule has 1 aliphatic heterocycles. The number of aromatic nitrogens is 2. The maximum absolute atomic E-state index is 14.2. The highest BCUT2D eigenvalue weighted by Gasteiger charge is 2.36. The minimum atomic E-state index is -4.72. The van der Waals surface area contributed by atoms with E-state index in [1.807, 2.05) is 4.90 Å². The molecule has 2 aromatic carbocycles. The molecule has 0 aliphatic carbocycles. The van der Waals surface area contributed by atoms with E-state index in [0.717, 1.165) is 25.3 Å². The number of nitrogens with one attached hydrogen (secondary N) is 1. The van der Waals surface area contributed by atoms with Crippen LogP contribution in [-0.4, -0.2) is 41.7 Å². The van der Waals surface area contributed by atoms with Crippen LogP contribution in [0.4, 0.5) is 13.2 Å². The van der Waals surface area contributed by atoms with Crippen molar-refractivity contribution in [3.63, 3.8) is 0 Å². The Bertz CT molecular complexity index is 1570. The molecule has 1 aromatic heterocycles. The van der Waals surface area contributed by atoms with Crippen LogP contribution in [0.2, 0.25) is 5.02 Å². The number of rotatable bonds is 6. The maximum atomic E-state index is 14.2. The van der Waals surface area contributed by atoms with Crippen LogP contribution >= 0.6 is 11.6 Å². The SMILES string of the molecule is CCS(=O)(=O)c1ccc(Cl)cc1Cn1c(=O)[nH]c2c(C)c(CN3CCCCC3)c(C(F)(F)F)cc2c1=O. The van der Waals surface area contributed by atoms with Gasteiger partial charge in [0.05, 0.1) is 33.7 Å². The average molecular weight is 558 g/mol. The van der Waals surface area contributed by atoms with Crippen LogP contribution in [0.3, 0.4) is 0 Å². The molecule has 0 saturated carbocycles. The first-order chi connectivity index (χ1) is 17.3. The van der Waals surface area contributed by atoms with Gasteiger partial charge in [-0.15, -0.1) is 0 Å². The number of alkyl halides is 3. The number of hydrogen-bond donors (Lipinski definition) is 1. The highest BCUT2D eigenvalue weighted by atomic mass is 35.5. The van der Waals surface area contributed by atoms with Gasteiger partial charge in [-0.3, -0.25) is 14.3 Å². The summed E-state index contributed by atoms with van der Waals surface area (Å²) in [7, 11) is -3.73. The van der Waals surface area contributed by atoms with E-state index in [9.17, 15) is 31.2 Å². The first kappa shape index (κ1) is 27.4. The molecule has 0 amide bonds. The fourth-order valence-corrected chi connectivity index (χ4v) is 6.15. The monoisotopic (exact) mass is 557 g/mol. The molecule has 1 saturated heterocycles. The summed E-state index contributed by atoms with van der Waals surface area (Å²) in [6.45, 7) is 3.85. The summed E-state index contributed by atoms with van der Waals surface area (Å²) < 4.78 is 68.3. The molecule has 0 bridgehead atoms. The molecule has 1 fully saturated rings. The van der Waals surface area contributed by atoms with Gasteiger partial charge in [-0.25, -0.2) is 13.2 Å². The first-order valence-electron chi connectivity index (χ1n) is 11.9. The van der Waals surface area contributed by atoms with E-state index in [-0.39, 0.29) is 49.8 Å². The third kappa shape index (κ3) is 5.49. The third-order valence-electron chi connectivity index (χ3n) is 6.87. The third-order valence-corrected chi connectivity index (χ3v) is 8.93. The van der Waals surface area contributed by atoms with Gasteiger partial charge >= 0.3 is 11.9 Å². The number of nitrogens with zero attached hydrogens (tertiary/aromatic N) is 2. The van der Waals surface area contributed by atoms with E-state index < -0.39 is 39.4 Å². The lowest BCUT2D eigenvalue weighted by molar-refractivity contribution is -0.138. The Morgan fingerprint density at radius 1 is 1.05 bits per heavy atom. The molecule has 12 heteroatoms. The quantitative estimate of drug-likeness (QED) is 0.482. The number of fused-ring (bicyclic) bond motifs is 1. The summed E-state index contributed by atoms with van der Waals surface area (Å²) in [4.78, 5) is 30.8. The van der Waals surface area contributed by atoms with Gasteiger partial charge in [-0.05, 0) is 73.8 Å². The molecule has 3 aromatic rings. The molecule has 37 heavy (non-hydrogen) atoms. The second-order valence-electron chi connectivity index (χ2n) is 9.26. The average Bonchev–Trinajstić information content (AvgIpc) is 2.83. The van der Waals surface area contributed by atoms with Gasteiger partial charge in [0, 0.05) is 11.6 Å². The number of benzene rings is 2. The smallest absolute Gasteiger partial charge is 0.306 e. The topological polar surface area (TPSA) is 92.2 Å². The summed E-state index contributed by atoms with van der Waals surface area (Å²) in [5, 5.41) is -0.110. The van der Waals surface area contributed by atoms with Crippen molar-refractivity contribution in [1.29, 1.82) is 0 Å². The summed E-state index contributed by atoms with van der Waals surface area (Å²) >= 11 is 6.04. The van der Waals surface area contributed by atoms with Gasteiger partial charge < -0.3 is 4.98 Å². The number of hydrogen-bond acceptors (Lipinski definition) is 5. The van der Waals surface area contributed by atoms with Crippen LogP contribution < -0.4 is 11.2 Å². The van der Waals surface area contributed by atoms with E-state index in [2.05, 4.69) is 4.98 Å². The summed E-state index contributed by atoms with van der Waals surface area (Å²) in [5.74, 6) is -0.224. The number of likely N-dealkylation sites (tertiary alicyclic amines) is 1. The van der Waals surface area contributed by atoms with Gasteiger partial charge in [0.1, 0.15) is 0 Å². The number of H-pyrrole nitrogens is 1. The highest BCUT2D eigenvalue weighted by Crippen LogP contribution is 2.36. The molecule has 7 nitrogen and oxygen atoms in total. The highest BCUT2D eigenvalue weighted by molar-refractivity contribution is 7.91. The number of aryl methyl sites for hydroxylation is 1. The van der Waals surface area contributed by atoms with Crippen LogP contribution in [-0.2, 0) is 29.1 Å². The lowest BCUT2D eigenvalue weighted by Crippen LogP contribution is -2.36. The Balaban J connectivity index is 1.90. The van der Waals surface area contributed by atoms with E-state index in [0.29, 0.717) is 17.7 Å². The minimum Gasteiger partial charge on any atom is -0.306 e. The molecule has 1 N–H and O–H groups in total. The van der Waals surface area contributed by atoms with Crippen LogP contribution in [0, 0.1) is 6.92 Å². The first-order valence-corrected chi connectivity index (χ1v) is 14.0. The molecule has 0 radical (unpaired) electrons. The van der Waals surface area contributed by atoms with Gasteiger partial charge in [-0.2, -0.15) is 13.2 Å². The summed E-state index contributed by atoms with van der Waals surface area (Å²) in [6, 6.07) is 4.78. The number of aromatic amines is 1. The van der Waals surface area contributed by atoms with Crippen molar-refractivity contribution in [3.8, 4) is 0 Å². The second-order valence-corrected chi connectivity index (χ2v) is 11.9. The molecule has 4 rings (SSSR count). The lowest BCUT2D eigenvalue weighted by atomic mass is 9.96. The molecular formula is C25H27ClF3N3O4S. The van der Waals surface area contributed by atoms with Crippen LogP contribution in [0.25, 0.3) is 10.9 Å². The Morgan fingerprint density at radius 3 is 2.35 bits per heavy atom. The van der Waals surface area contributed by atoms with Crippen molar-refractivity contribution >= 4 is 32.3 Å². The summed E-state index contributed by atoms with van der Waals surface area (Å²) in [6.07, 6.45) is -1.89.